The molecule has 1 aromatic heterocycles. The average Bonchev–Trinajstić information content (AvgIpc) is 3.24. The quantitative estimate of drug-likeness (QED) is 0.252. The van der Waals surface area contributed by atoms with E-state index in [1.54, 1.807) is 42.5 Å². The maximum atomic E-state index is 13.3. The molecule has 1 fully saturated rings. The van der Waals surface area contributed by atoms with E-state index in [0.29, 0.717) is 23.4 Å². The average molecular weight is 494 g/mol. The third-order valence-corrected chi connectivity index (χ3v) is 6.21. The molecule has 0 unspecified atom stereocenters. The summed E-state index contributed by atoms with van der Waals surface area (Å²) in [5.41, 5.74) is 4.07. The molecule has 0 atom stereocenters. The summed E-state index contributed by atoms with van der Waals surface area (Å²) < 4.78 is 6.80. The van der Waals surface area contributed by atoms with Crippen LogP contribution in [0.3, 0.4) is 0 Å². The minimum absolute atomic E-state index is 0.143. The van der Waals surface area contributed by atoms with E-state index in [2.05, 4.69) is 5.32 Å². The summed E-state index contributed by atoms with van der Waals surface area (Å²) in [6.07, 6.45) is 3.35. The van der Waals surface area contributed by atoms with Crippen molar-refractivity contribution in [3.05, 3.63) is 107 Å². The third-order valence-electron chi connectivity index (χ3n) is 6.21. The Kier molecular flexibility index (Phi) is 6.15. The van der Waals surface area contributed by atoms with Crippen molar-refractivity contribution in [2.75, 3.05) is 12.0 Å². The highest BCUT2D eigenvalue weighted by Gasteiger charge is 2.37. The maximum Gasteiger partial charge on any atom is 0.337 e. The van der Waals surface area contributed by atoms with Crippen molar-refractivity contribution in [1.82, 2.24) is 9.88 Å². The number of aryl methyl sites for hydroxylation is 1. The molecule has 4 aromatic rings. The van der Waals surface area contributed by atoms with Crippen LogP contribution < -0.4 is 10.2 Å². The number of nitrogens with zero attached hydrogens (tertiary/aromatic N) is 2. The van der Waals surface area contributed by atoms with Crippen molar-refractivity contribution in [3.8, 4) is 0 Å². The lowest BCUT2D eigenvalue weighted by Gasteiger charge is -2.26. The molecule has 8 heteroatoms. The minimum atomic E-state index is -0.788. The van der Waals surface area contributed by atoms with Gasteiger partial charge in [-0.1, -0.05) is 48.0 Å². The summed E-state index contributed by atoms with van der Waals surface area (Å²) in [5.74, 6) is -1.86. The van der Waals surface area contributed by atoms with Crippen LogP contribution in [0.15, 0.2) is 84.6 Å². The van der Waals surface area contributed by atoms with Gasteiger partial charge in [-0.15, -0.1) is 0 Å². The number of carbonyl (C=O) groups excluding carboxylic acids is 4. The van der Waals surface area contributed by atoms with E-state index in [0.717, 1.165) is 26.9 Å². The van der Waals surface area contributed by atoms with Gasteiger partial charge in [0.05, 0.1) is 18.4 Å². The predicted octanol–water partition coefficient (Wildman–Crippen LogP) is 4.45. The molecule has 2 heterocycles. The lowest BCUT2D eigenvalue weighted by molar-refractivity contribution is -0.122. The van der Waals surface area contributed by atoms with Gasteiger partial charge >= 0.3 is 12.0 Å². The number of ether oxygens (including phenoxy) is 1. The Bertz CT molecular complexity index is 1600. The number of nitrogens with one attached hydrogen (secondary N) is 1. The topological polar surface area (TPSA) is 97.7 Å². The molecule has 0 saturated carbocycles. The molecule has 8 nitrogen and oxygen atoms in total. The molecule has 0 aliphatic carbocycles. The van der Waals surface area contributed by atoms with Crippen LogP contribution >= 0.6 is 0 Å². The fourth-order valence-corrected chi connectivity index (χ4v) is 4.37. The molecule has 0 radical (unpaired) electrons. The molecule has 5 rings (SSSR count). The first kappa shape index (κ1) is 23.7. The summed E-state index contributed by atoms with van der Waals surface area (Å²) in [6, 6.07) is 20.9. The Morgan fingerprint density at radius 1 is 0.973 bits per heavy atom. The molecule has 1 aliphatic heterocycles. The first-order chi connectivity index (χ1) is 17.9. The number of imide groups is 2. The molecule has 0 spiro atoms. The number of anilines is 1. The summed E-state index contributed by atoms with van der Waals surface area (Å²) in [7, 11) is 1.34. The Balaban J connectivity index is 1.54. The Labute approximate surface area is 212 Å². The molecule has 1 N–H and O–H groups in total. The molecule has 37 heavy (non-hydrogen) atoms. The highest BCUT2D eigenvalue weighted by molar-refractivity contribution is 6.39. The van der Waals surface area contributed by atoms with E-state index < -0.39 is 23.8 Å². The van der Waals surface area contributed by atoms with Crippen LogP contribution in [-0.4, -0.2) is 35.5 Å². The molecular weight excluding hydrogens is 470 g/mol. The fourth-order valence-electron chi connectivity index (χ4n) is 4.37. The van der Waals surface area contributed by atoms with Crippen molar-refractivity contribution in [2.24, 2.45) is 0 Å². The molecule has 3 aromatic carbocycles. The normalized spacial score (nSPS) is 14.8. The molecule has 1 aliphatic rings. The van der Waals surface area contributed by atoms with Crippen molar-refractivity contribution in [2.45, 2.75) is 13.5 Å². The number of rotatable bonds is 5. The third kappa shape index (κ3) is 4.52. The summed E-state index contributed by atoms with van der Waals surface area (Å²) in [6.45, 7) is 2.35. The summed E-state index contributed by atoms with van der Waals surface area (Å²) in [4.78, 5) is 51.5. The van der Waals surface area contributed by atoms with Gasteiger partial charge in [-0.05, 0) is 48.9 Å². The van der Waals surface area contributed by atoms with Gasteiger partial charge in [0.2, 0.25) is 0 Å². The molecular formula is C29H23N3O5. The van der Waals surface area contributed by atoms with Crippen LogP contribution in [-0.2, 0) is 20.9 Å². The Hall–Kier alpha value is -4.98. The first-order valence-electron chi connectivity index (χ1n) is 11.6. The summed E-state index contributed by atoms with van der Waals surface area (Å²) >= 11 is 0. The zero-order valence-electron chi connectivity index (χ0n) is 20.2. The highest BCUT2D eigenvalue weighted by atomic mass is 16.5. The highest BCUT2D eigenvalue weighted by Crippen LogP contribution is 2.27. The van der Waals surface area contributed by atoms with E-state index in [1.165, 1.54) is 13.2 Å². The Morgan fingerprint density at radius 3 is 2.49 bits per heavy atom. The largest absolute Gasteiger partial charge is 0.465 e. The Morgan fingerprint density at radius 2 is 1.73 bits per heavy atom. The van der Waals surface area contributed by atoms with Gasteiger partial charge in [0.15, 0.2) is 0 Å². The first-order valence-corrected chi connectivity index (χ1v) is 11.6. The predicted molar refractivity (Wildman–Crippen MR) is 139 cm³/mol. The minimum Gasteiger partial charge on any atom is -0.465 e. The number of amides is 4. The lowest BCUT2D eigenvalue weighted by atomic mass is 10.1. The zero-order chi connectivity index (χ0) is 26.1. The monoisotopic (exact) mass is 493 g/mol. The molecule has 4 amide bonds. The molecule has 1 saturated heterocycles. The molecule has 184 valence electrons. The fraction of sp³-hybridized carbons (Fsp3) is 0.103. The number of barbiturate groups is 1. The number of urea groups is 1. The lowest BCUT2D eigenvalue weighted by Crippen LogP contribution is -2.54. The standard InChI is InChI=1S/C29H23N3O5/c1-18-10-12-22(13-11-18)32-27(34)24(26(33)30-29(32)36)15-21-17-31(25-9-4-3-8-23(21)25)16-19-6-5-7-20(14-19)28(35)37-2/h3-15,17H,16H2,1-2H3,(H,30,33,36). The van der Waals surface area contributed by atoms with Crippen molar-refractivity contribution in [3.63, 3.8) is 0 Å². The number of hydrogen-bond donors (Lipinski definition) is 1. The van der Waals surface area contributed by atoms with E-state index in [4.69, 9.17) is 4.74 Å². The number of hydrogen-bond acceptors (Lipinski definition) is 5. The van der Waals surface area contributed by atoms with Gasteiger partial charge < -0.3 is 9.30 Å². The second-order valence-corrected chi connectivity index (χ2v) is 8.71. The van der Waals surface area contributed by atoms with Crippen LogP contribution in [0.4, 0.5) is 10.5 Å². The van der Waals surface area contributed by atoms with Crippen LogP contribution in [0.25, 0.3) is 17.0 Å². The van der Waals surface area contributed by atoms with Crippen molar-refractivity contribution >= 4 is 46.5 Å². The van der Waals surface area contributed by atoms with Gasteiger partial charge in [-0.3, -0.25) is 14.9 Å². The van der Waals surface area contributed by atoms with E-state index in [-0.39, 0.29) is 5.57 Å². The van der Waals surface area contributed by atoms with Gasteiger partial charge in [0, 0.05) is 29.2 Å². The van der Waals surface area contributed by atoms with E-state index in [1.807, 2.05) is 48.0 Å². The number of carbonyl (C=O) groups is 4. The van der Waals surface area contributed by atoms with Crippen LogP contribution in [0.5, 0.6) is 0 Å². The van der Waals surface area contributed by atoms with Crippen LogP contribution in [0, 0.1) is 6.92 Å². The SMILES string of the molecule is COC(=O)c1cccc(Cn2cc(C=C3C(=O)NC(=O)N(c4ccc(C)cc4)C3=O)c3ccccc32)c1. The van der Waals surface area contributed by atoms with E-state index >= 15 is 0 Å². The molecule has 0 bridgehead atoms. The van der Waals surface area contributed by atoms with E-state index in [9.17, 15) is 19.2 Å². The number of benzene rings is 3. The van der Waals surface area contributed by atoms with Crippen molar-refractivity contribution in [1.29, 1.82) is 0 Å². The van der Waals surface area contributed by atoms with Crippen LogP contribution in [0.1, 0.15) is 27.0 Å². The van der Waals surface area contributed by atoms with Crippen LogP contribution in [0.2, 0.25) is 0 Å². The van der Waals surface area contributed by atoms with Gasteiger partial charge in [-0.25, -0.2) is 14.5 Å². The zero-order valence-corrected chi connectivity index (χ0v) is 20.2. The van der Waals surface area contributed by atoms with Gasteiger partial charge in [0.1, 0.15) is 5.57 Å². The number of fused-ring (bicyclic) bond motifs is 1. The smallest absolute Gasteiger partial charge is 0.337 e. The summed E-state index contributed by atoms with van der Waals surface area (Å²) in [5, 5.41) is 3.10. The number of esters is 1. The number of aromatic nitrogens is 1. The maximum absolute atomic E-state index is 13.3. The van der Waals surface area contributed by atoms with Crippen molar-refractivity contribution < 1.29 is 23.9 Å². The number of methoxy groups -OCH3 is 1. The van der Waals surface area contributed by atoms with Gasteiger partial charge in [0.25, 0.3) is 11.8 Å². The second-order valence-electron chi connectivity index (χ2n) is 8.71. The van der Waals surface area contributed by atoms with Gasteiger partial charge in [-0.2, -0.15) is 0 Å². The second kappa shape index (κ2) is 9.58. The number of para-hydroxylation sites is 1.